The highest BCUT2D eigenvalue weighted by Gasteiger charge is 2.07. The molecule has 1 N–H and O–H groups in total. The van der Waals surface area contributed by atoms with Crippen LogP contribution in [0, 0.1) is 18.3 Å². The van der Waals surface area contributed by atoms with Gasteiger partial charge in [-0.25, -0.2) is 4.98 Å². The van der Waals surface area contributed by atoms with Crippen molar-refractivity contribution in [2.75, 3.05) is 0 Å². The van der Waals surface area contributed by atoms with E-state index in [1.165, 1.54) is 6.07 Å². The molecule has 3 nitrogen and oxygen atoms in total. The molecule has 14 heavy (non-hydrogen) atoms. The second-order valence-electron chi connectivity index (χ2n) is 2.73. The second-order valence-corrected chi connectivity index (χ2v) is 2.73. The highest BCUT2D eigenvalue weighted by Crippen LogP contribution is 1.99. The van der Waals surface area contributed by atoms with Gasteiger partial charge in [-0.05, 0) is 19.1 Å². The Morgan fingerprint density at radius 3 is 2.93 bits per heavy atom. The molecule has 1 amide bonds. The first kappa shape index (κ1) is 10.2. The maximum Gasteiger partial charge on any atom is 0.253 e. The van der Waals surface area contributed by atoms with E-state index in [1.54, 1.807) is 6.92 Å². The maximum absolute atomic E-state index is 12.4. The van der Waals surface area contributed by atoms with Crippen LogP contribution in [0.15, 0.2) is 18.3 Å². The molecule has 0 saturated carbocycles. The minimum atomic E-state index is -0.619. The van der Waals surface area contributed by atoms with Crippen LogP contribution in [-0.4, -0.2) is 16.9 Å². The fraction of sp³-hybridized carbons (Fsp3) is 0.200. The highest BCUT2D eigenvalue weighted by atomic mass is 19.1. The van der Waals surface area contributed by atoms with Gasteiger partial charge in [0.15, 0.2) is 0 Å². The summed E-state index contributed by atoms with van der Waals surface area (Å²) in [6.45, 7) is 1.68. The Balaban J connectivity index is 2.71. The van der Waals surface area contributed by atoms with Crippen LogP contribution in [0.25, 0.3) is 0 Å². The molecular formula is C10H9FN2O. The second kappa shape index (κ2) is 4.38. The van der Waals surface area contributed by atoms with E-state index < -0.39 is 5.95 Å². The normalized spacial score (nSPS) is 11.5. The summed E-state index contributed by atoms with van der Waals surface area (Å²) in [4.78, 5) is 14.7. The number of carbonyl (C=O) groups excluding carboxylic acids is 1. The molecule has 0 bridgehead atoms. The average Bonchev–Trinajstić information content (AvgIpc) is 2.18. The Morgan fingerprint density at radius 1 is 1.71 bits per heavy atom. The fourth-order valence-corrected chi connectivity index (χ4v) is 0.832. The zero-order valence-corrected chi connectivity index (χ0v) is 7.62. The first-order valence-corrected chi connectivity index (χ1v) is 4.02. The van der Waals surface area contributed by atoms with Crippen LogP contribution < -0.4 is 5.32 Å². The number of carbonyl (C=O) groups is 1. The molecule has 0 fully saturated rings. The molecule has 0 aliphatic carbocycles. The fourth-order valence-electron chi connectivity index (χ4n) is 0.832. The minimum Gasteiger partial charge on any atom is -0.339 e. The van der Waals surface area contributed by atoms with E-state index >= 15 is 0 Å². The molecular weight excluding hydrogens is 183 g/mol. The topological polar surface area (TPSA) is 42.0 Å². The average molecular weight is 192 g/mol. The lowest BCUT2D eigenvalue weighted by Gasteiger charge is -2.06. The van der Waals surface area contributed by atoms with Crippen molar-refractivity contribution < 1.29 is 9.18 Å². The highest BCUT2D eigenvalue weighted by molar-refractivity contribution is 5.94. The van der Waals surface area contributed by atoms with Crippen LogP contribution >= 0.6 is 0 Å². The molecule has 0 saturated heterocycles. The van der Waals surface area contributed by atoms with E-state index in [9.17, 15) is 9.18 Å². The van der Waals surface area contributed by atoms with E-state index in [0.717, 1.165) is 12.3 Å². The summed E-state index contributed by atoms with van der Waals surface area (Å²) >= 11 is 0. The molecule has 1 aromatic heterocycles. The van der Waals surface area contributed by atoms with Crippen LogP contribution in [-0.2, 0) is 0 Å². The number of hydrogen-bond donors (Lipinski definition) is 1. The Hall–Kier alpha value is -1.89. The number of amides is 1. The summed E-state index contributed by atoms with van der Waals surface area (Å²) in [7, 11) is 0. The van der Waals surface area contributed by atoms with E-state index in [1.807, 2.05) is 0 Å². The van der Waals surface area contributed by atoms with E-state index in [2.05, 4.69) is 16.2 Å². The van der Waals surface area contributed by atoms with Crippen molar-refractivity contribution >= 4 is 5.91 Å². The number of rotatable bonds is 2. The van der Waals surface area contributed by atoms with Crippen LogP contribution in [0.2, 0.25) is 0 Å². The third-order valence-electron chi connectivity index (χ3n) is 1.59. The molecule has 1 rings (SSSR count). The van der Waals surface area contributed by atoms with Crippen LogP contribution in [0.3, 0.4) is 0 Å². The number of halogens is 1. The Kier molecular flexibility index (Phi) is 3.19. The molecule has 1 unspecified atom stereocenters. The summed E-state index contributed by atoms with van der Waals surface area (Å²) in [5.74, 6) is 1.37. The molecule has 0 aliphatic heterocycles. The Morgan fingerprint density at radius 2 is 2.43 bits per heavy atom. The van der Waals surface area contributed by atoms with Crippen LogP contribution in [0.5, 0.6) is 0 Å². The summed E-state index contributed by atoms with van der Waals surface area (Å²) in [6, 6.07) is 2.11. The number of aromatic nitrogens is 1. The summed E-state index contributed by atoms with van der Waals surface area (Å²) in [5, 5.41) is 2.53. The van der Waals surface area contributed by atoms with Crippen molar-refractivity contribution in [2.24, 2.45) is 0 Å². The molecule has 0 spiro atoms. The predicted octanol–water partition coefficient (Wildman–Crippen LogP) is 0.972. The summed E-state index contributed by atoms with van der Waals surface area (Å²) < 4.78 is 12.4. The van der Waals surface area contributed by atoms with Crippen molar-refractivity contribution in [1.29, 1.82) is 0 Å². The van der Waals surface area contributed by atoms with E-state index in [4.69, 9.17) is 6.42 Å². The Labute approximate surface area is 81.4 Å². The van der Waals surface area contributed by atoms with Crippen molar-refractivity contribution in [2.45, 2.75) is 13.0 Å². The smallest absolute Gasteiger partial charge is 0.253 e. The molecule has 0 aromatic carbocycles. The zero-order chi connectivity index (χ0) is 10.6. The first-order chi connectivity index (χ1) is 6.63. The quantitative estimate of drug-likeness (QED) is 0.560. The van der Waals surface area contributed by atoms with Crippen molar-refractivity contribution in [1.82, 2.24) is 10.3 Å². The number of nitrogens with one attached hydrogen (secondary N) is 1. The van der Waals surface area contributed by atoms with Crippen molar-refractivity contribution in [3.63, 3.8) is 0 Å². The van der Waals surface area contributed by atoms with Crippen molar-refractivity contribution in [3.05, 3.63) is 29.8 Å². The van der Waals surface area contributed by atoms with Gasteiger partial charge in [-0.15, -0.1) is 6.42 Å². The lowest BCUT2D eigenvalue weighted by atomic mass is 10.2. The number of pyridine rings is 1. The van der Waals surface area contributed by atoms with Gasteiger partial charge in [0.1, 0.15) is 0 Å². The van der Waals surface area contributed by atoms with Gasteiger partial charge in [0.05, 0.1) is 11.6 Å². The van der Waals surface area contributed by atoms with Gasteiger partial charge in [0.2, 0.25) is 5.95 Å². The SMILES string of the molecule is C#CC(C)NC(=O)c1ccc(F)nc1. The summed E-state index contributed by atoms with van der Waals surface area (Å²) in [6.07, 6.45) is 6.24. The molecule has 4 heteroatoms. The van der Waals surface area contributed by atoms with Crippen LogP contribution in [0.1, 0.15) is 17.3 Å². The maximum atomic E-state index is 12.4. The van der Waals surface area contributed by atoms with Crippen molar-refractivity contribution in [3.8, 4) is 12.3 Å². The van der Waals surface area contributed by atoms with Gasteiger partial charge >= 0.3 is 0 Å². The van der Waals surface area contributed by atoms with Gasteiger partial charge < -0.3 is 5.32 Å². The zero-order valence-electron chi connectivity index (χ0n) is 7.62. The lowest BCUT2D eigenvalue weighted by molar-refractivity contribution is 0.0947. The number of terminal acetylenes is 1. The predicted molar refractivity (Wildman–Crippen MR) is 50.0 cm³/mol. The van der Waals surface area contributed by atoms with Gasteiger partial charge in [-0.2, -0.15) is 4.39 Å². The molecule has 1 heterocycles. The monoisotopic (exact) mass is 192 g/mol. The third kappa shape index (κ3) is 2.56. The molecule has 72 valence electrons. The van der Waals surface area contributed by atoms with E-state index in [0.29, 0.717) is 0 Å². The van der Waals surface area contributed by atoms with Gasteiger partial charge in [-0.1, -0.05) is 5.92 Å². The van der Waals surface area contributed by atoms with E-state index in [-0.39, 0.29) is 17.5 Å². The van der Waals surface area contributed by atoms with Gasteiger partial charge in [-0.3, -0.25) is 4.79 Å². The molecule has 1 atom stereocenters. The summed E-state index contributed by atoms with van der Waals surface area (Å²) in [5.41, 5.74) is 0.286. The van der Waals surface area contributed by atoms with Gasteiger partial charge in [0.25, 0.3) is 5.91 Å². The molecule has 1 aromatic rings. The third-order valence-corrected chi connectivity index (χ3v) is 1.59. The first-order valence-electron chi connectivity index (χ1n) is 4.02. The Bertz CT molecular complexity index is 367. The lowest BCUT2D eigenvalue weighted by Crippen LogP contribution is -2.31. The standard InChI is InChI=1S/C10H9FN2O/c1-3-7(2)13-10(14)8-4-5-9(11)12-6-8/h1,4-7H,2H3,(H,13,14). The van der Waals surface area contributed by atoms with Crippen LogP contribution in [0.4, 0.5) is 4.39 Å². The number of hydrogen-bond acceptors (Lipinski definition) is 2. The minimum absolute atomic E-state index is 0.286. The van der Waals surface area contributed by atoms with Gasteiger partial charge in [0, 0.05) is 6.20 Å². The largest absolute Gasteiger partial charge is 0.339 e. The molecule has 0 radical (unpaired) electrons. The molecule has 0 aliphatic rings. The number of nitrogens with zero attached hydrogens (tertiary/aromatic N) is 1.